The fourth-order valence-electron chi connectivity index (χ4n) is 6.61. The number of benzene rings is 3. The van der Waals surface area contributed by atoms with Gasteiger partial charge in [-0.1, -0.05) is 30.3 Å². The number of anilines is 1. The average Bonchev–Trinajstić information content (AvgIpc) is 3.46. The maximum absolute atomic E-state index is 13.1. The van der Waals surface area contributed by atoms with Crippen LogP contribution in [0.5, 0.6) is 5.75 Å². The number of hydrogen-bond donors (Lipinski definition) is 1. The number of amides is 4. The maximum atomic E-state index is 13.1. The minimum Gasteiger partial charge on any atom is -0.489 e. The molecule has 0 saturated carbocycles. The molecule has 3 aromatic rings. The van der Waals surface area contributed by atoms with E-state index in [-0.39, 0.29) is 37.1 Å². The minimum atomic E-state index is -0.665. The number of ether oxygens (including phenoxy) is 1. The summed E-state index contributed by atoms with van der Waals surface area (Å²) in [4.78, 5) is 60.6. The topological polar surface area (TPSA) is 136 Å². The van der Waals surface area contributed by atoms with E-state index in [9.17, 15) is 24.4 Å². The standard InChI is InChI=1S/C37H40N6O6/c1-40(48-2)35(45)15-11-27-20-29(12-10-28(27)21-38)42-18-16-41(17-19-42)22-25-6-8-26(9-7-25)24-49-33-5-3-4-30-31(33)23-43(37(30)47)32-13-14-34(44)39-36(32)46/h3-10,12,20,32H,11,13-19,22-24H2,1-2H3,(H,39,44,46)/t32-/m0/s1. The van der Waals surface area contributed by atoms with Crippen LogP contribution in [0.3, 0.4) is 0 Å². The van der Waals surface area contributed by atoms with E-state index in [1.54, 1.807) is 19.2 Å². The quantitative estimate of drug-likeness (QED) is 0.242. The third-order valence-corrected chi connectivity index (χ3v) is 9.54. The van der Waals surface area contributed by atoms with Crippen molar-refractivity contribution in [1.82, 2.24) is 20.2 Å². The number of nitrogens with one attached hydrogen (secondary N) is 1. The highest BCUT2D eigenvalue weighted by Gasteiger charge is 2.40. The molecule has 12 heteroatoms. The monoisotopic (exact) mass is 664 g/mol. The number of piperazine rings is 1. The van der Waals surface area contributed by atoms with Crippen LogP contribution < -0.4 is 15.0 Å². The van der Waals surface area contributed by atoms with Crippen molar-refractivity contribution >= 4 is 29.3 Å². The van der Waals surface area contributed by atoms with Gasteiger partial charge in [-0.3, -0.25) is 34.2 Å². The van der Waals surface area contributed by atoms with E-state index in [1.807, 2.05) is 24.3 Å². The van der Waals surface area contributed by atoms with E-state index in [4.69, 9.17) is 9.57 Å². The molecule has 1 N–H and O–H groups in total. The number of nitrogens with zero attached hydrogens (tertiary/aromatic N) is 5. The van der Waals surface area contributed by atoms with Gasteiger partial charge in [0.2, 0.25) is 17.7 Å². The second kappa shape index (κ2) is 14.9. The molecule has 3 heterocycles. The zero-order valence-corrected chi connectivity index (χ0v) is 27.8. The molecule has 254 valence electrons. The van der Waals surface area contributed by atoms with Crippen molar-refractivity contribution < 1.29 is 28.8 Å². The number of imide groups is 1. The second-order valence-electron chi connectivity index (χ2n) is 12.6. The van der Waals surface area contributed by atoms with E-state index >= 15 is 0 Å². The zero-order valence-electron chi connectivity index (χ0n) is 27.8. The number of nitriles is 1. The van der Waals surface area contributed by atoms with Gasteiger partial charge in [0, 0.05) is 69.4 Å². The molecule has 0 bridgehead atoms. The third-order valence-electron chi connectivity index (χ3n) is 9.54. The van der Waals surface area contributed by atoms with Gasteiger partial charge in [-0.15, -0.1) is 0 Å². The number of rotatable bonds is 11. The fraction of sp³-hybridized carbons (Fsp3) is 0.378. The number of carbonyl (C=O) groups excluding carboxylic acids is 4. The smallest absolute Gasteiger partial charge is 0.255 e. The first kappa shape index (κ1) is 33.6. The van der Waals surface area contributed by atoms with Crippen LogP contribution in [0.1, 0.15) is 57.4 Å². The molecule has 12 nitrogen and oxygen atoms in total. The Hall–Kier alpha value is -5.25. The van der Waals surface area contributed by atoms with E-state index in [0.29, 0.717) is 36.3 Å². The zero-order chi connectivity index (χ0) is 34.5. The number of piperidine rings is 1. The Balaban J connectivity index is 0.997. The van der Waals surface area contributed by atoms with Crippen molar-refractivity contribution in [3.05, 3.63) is 94.0 Å². The van der Waals surface area contributed by atoms with Crippen LogP contribution in [0.2, 0.25) is 0 Å². The largest absolute Gasteiger partial charge is 0.489 e. The molecule has 49 heavy (non-hydrogen) atoms. The van der Waals surface area contributed by atoms with Crippen molar-refractivity contribution in [1.29, 1.82) is 5.26 Å². The van der Waals surface area contributed by atoms with E-state index in [2.05, 4.69) is 45.5 Å². The number of fused-ring (bicyclic) bond motifs is 1. The van der Waals surface area contributed by atoms with Gasteiger partial charge in [-0.2, -0.15) is 5.26 Å². The van der Waals surface area contributed by atoms with Crippen LogP contribution in [0.25, 0.3) is 0 Å². The summed E-state index contributed by atoms with van der Waals surface area (Å²) in [5.41, 5.74) is 6.00. The molecule has 2 fully saturated rings. The summed E-state index contributed by atoms with van der Waals surface area (Å²) in [5.74, 6) is -0.481. The summed E-state index contributed by atoms with van der Waals surface area (Å²) in [7, 11) is 3.03. The number of aryl methyl sites for hydroxylation is 1. The van der Waals surface area contributed by atoms with E-state index in [1.165, 1.54) is 22.6 Å². The Bertz CT molecular complexity index is 1780. The van der Waals surface area contributed by atoms with Crippen molar-refractivity contribution in [2.24, 2.45) is 0 Å². The van der Waals surface area contributed by atoms with Gasteiger partial charge in [-0.05, 0) is 59.9 Å². The lowest BCUT2D eigenvalue weighted by Crippen LogP contribution is -2.52. The molecule has 0 unspecified atom stereocenters. The first-order chi connectivity index (χ1) is 23.7. The highest BCUT2D eigenvalue weighted by Crippen LogP contribution is 2.34. The Morgan fingerprint density at radius 3 is 2.49 bits per heavy atom. The normalized spacial score (nSPS) is 17.8. The molecule has 4 amide bonds. The lowest BCUT2D eigenvalue weighted by atomic mass is 10.0. The molecule has 0 aromatic heterocycles. The predicted molar refractivity (Wildman–Crippen MR) is 180 cm³/mol. The Morgan fingerprint density at radius 1 is 1.02 bits per heavy atom. The van der Waals surface area contributed by atoms with Crippen LogP contribution in [0.15, 0.2) is 60.7 Å². The number of hydroxylamine groups is 2. The van der Waals surface area contributed by atoms with Gasteiger partial charge in [0.1, 0.15) is 18.4 Å². The van der Waals surface area contributed by atoms with E-state index in [0.717, 1.165) is 55.1 Å². The average molecular weight is 665 g/mol. The number of hydrogen-bond acceptors (Lipinski definition) is 9. The van der Waals surface area contributed by atoms with Crippen molar-refractivity contribution in [3.63, 3.8) is 0 Å². The second-order valence-corrected chi connectivity index (χ2v) is 12.6. The first-order valence-corrected chi connectivity index (χ1v) is 16.5. The van der Waals surface area contributed by atoms with Crippen molar-refractivity contribution in [3.8, 4) is 11.8 Å². The van der Waals surface area contributed by atoms with Crippen molar-refractivity contribution in [2.75, 3.05) is 45.2 Å². The van der Waals surface area contributed by atoms with Crippen LogP contribution >= 0.6 is 0 Å². The van der Waals surface area contributed by atoms with Crippen LogP contribution in [0.4, 0.5) is 5.69 Å². The molecular formula is C37H40N6O6. The van der Waals surface area contributed by atoms with Gasteiger partial charge < -0.3 is 14.5 Å². The third kappa shape index (κ3) is 7.58. The van der Waals surface area contributed by atoms with Crippen LogP contribution in [0, 0.1) is 11.3 Å². The number of carbonyl (C=O) groups is 4. The predicted octanol–water partition coefficient (Wildman–Crippen LogP) is 3.17. The SMILES string of the molecule is CON(C)C(=O)CCc1cc(N2CCN(Cc3ccc(COc4cccc5c4CN([C@H]4CCC(=O)NC4=O)C5=O)cc3)CC2)ccc1C#N. The maximum Gasteiger partial charge on any atom is 0.255 e. The van der Waals surface area contributed by atoms with Gasteiger partial charge in [0.05, 0.1) is 25.3 Å². The fourth-order valence-corrected chi connectivity index (χ4v) is 6.61. The summed E-state index contributed by atoms with van der Waals surface area (Å²) in [5, 5.41) is 13.1. The molecule has 2 saturated heterocycles. The summed E-state index contributed by atoms with van der Waals surface area (Å²) >= 11 is 0. The summed E-state index contributed by atoms with van der Waals surface area (Å²) in [6, 6.07) is 21.2. The Morgan fingerprint density at radius 2 is 1.78 bits per heavy atom. The van der Waals surface area contributed by atoms with Crippen molar-refractivity contribution in [2.45, 2.75) is 51.4 Å². The minimum absolute atomic E-state index is 0.136. The van der Waals surface area contributed by atoms with Crippen LogP contribution in [-0.2, 0) is 45.3 Å². The first-order valence-electron chi connectivity index (χ1n) is 16.5. The van der Waals surface area contributed by atoms with E-state index < -0.39 is 11.9 Å². The molecule has 3 aromatic carbocycles. The summed E-state index contributed by atoms with van der Waals surface area (Å²) in [6.07, 6.45) is 1.27. The lowest BCUT2D eigenvalue weighted by molar-refractivity contribution is -0.168. The van der Waals surface area contributed by atoms with Gasteiger partial charge in [0.15, 0.2) is 0 Å². The van der Waals surface area contributed by atoms with Gasteiger partial charge in [0.25, 0.3) is 5.91 Å². The molecule has 6 rings (SSSR count). The molecule has 3 aliphatic heterocycles. The van der Waals surface area contributed by atoms with Gasteiger partial charge in [-0.25, -0.2) is 5.06 Å². The summed E-state index contributed by atoms with van der Waals surface area (Å²) in [6.45, 7) is 4.93. The molecule has 0 spiro atoms. The molecule has 3 aliphatic rings. The van der Waals surface area contributed by atoms with Gasteiger partial charge >= 0.3 is 0 Å². The molecule has 0 radical (unpaired) electrons. The molecule has 1 atom stereocenters. The highest BCUT2D eigenvalue weighted by molar-refractivity contribution is 6.05. The lowest BCUT2D eigenvalue weighted by Gasteiger charge is -2.36. The Kier molecular flexibility index (Phi) is 10.2. The molecular weight excluding hydrogens is 624 g/mol. The Labute approximate surface area is 285 Å². The van der Waals surface area contributed by atoms with Crippen LogP contribution in [-0.4, -0.2) is 84.9 Å². The summed E-state index contributed by atoms with van der Waals surface area (Å²) < 4.78 is 6.18. The highest BCUT2D eigenvalue weighted by atomic mass is 16.7. The molecule has 0 aliphatic carbocycles.